The second kappa shape index (κ2) is 4.87. The molecular weight excluding hydrogens is 172 g/mol. The van der Waals surface area contributed by atoms with E-state index in [-0.39, 0.29) is 5.12 Å². The molecule has 1 aliphatic rings. The van der Waals surface area contributed by atoms with Crippen LogP contribution in [0.5, 0.6) is 0 Å². The molecule has 0 saturated carbocycles. The average Bonchev–Trinajstić information content (AvgIpc) is 2.03. The van der Waals surface area contributed by atoms with Gasteiger partial charge < -0.3 is 4.74 Å². The van der Waals surface area contributed by atoms with E-state index in [0.717, 1.165) is 18.8 Å². The van der Waals surface area contributed by atoms with Crippen molar-refractivity contribution in [2.75, 3.05) is 12.4 Å². The van der Waals surface area contributed by atoms with Crippen molar-refractivity contribution in [1.82, 2.24) is 0 Å². The first-order valence-corrected chi connectivity index (χ1v) is 5.42. The number of thioether (sulfide) groups is 1. The van der Waals surface area contributed by atoms with Crippen LogP contribution < -0.4 is 0 Å². The minimum Gasteiger partial charge on any atom is -0.377 e. The van der Waals surface area contributed by atoms with Gasteiger partial charge in [-0.15, -0.1) is 0 Å². The van der Waals surface area contributed by atoms with Crippen molar-refractivity contribution in [2.45, 2.75) is 32.8 Å². The first-order valence-electron chi connectivity index (χ1n) is 4.43. The fourth-order valence-electron chi connectivity index (χ4n) is 1.28. The largest absolute Gasteiger partial charge is 0.377 e. The summed E-state index contributed by atoms with van der Waals surface area (Å²) >= 11 is 1.38. The molecule has 1 rings (SSSR count). The minimum atomic E-state index is 0.192. The Hall–Kier alpha value is -0.0200. The molecule has 0 aromatic carbocycles. The van der Waals surface area contributed by atoms with E-state index in [1.807, 2.05) is 0 Å². The van der Waals surface area contributed by atoms with E-state index in [1.165, 1.54) is 18.2 Å². The summed E-state index contributed by atoms with van der Waals surface area (Å²) in [5.41, 5.74) is 0. The van der Waals surface area contributed by atoms with Crippen LogP contribution in [0.25, 0.3) is 0 Å². The molecule has 0 aromatic rings. The third-order valence-electron chi connectivity index (χ3n) is 2.07. The monoisotopic (exact) mass is 188 g/mol. The Morgan fingerprint density at radius 1 is 1.58 bits per heavy atom. The average molecular weight is 188 g/mol. The minimum absolute atomic E-state index is 0.192. The van der Waals surface area contributed by atoms with Crippen molar-refractivity contribution in [3.8, 4) is 0 Å². The van der Waals surface area contributed by atoms with Crippen molar-refractivity contribution in [3.05, 3.63) is 0 Å². The van der Waals surface area contributed by atoms with Crippen LogP contribution in [0.4, 0.5) is 0 Å². The molecule has 0 amide bonds. The standard InChI is InChI=1S/C9H16O2S/c1-7-3-4-9(11-5-7)6-12-8(2)10/h7,9H,3-6H2,1-2H3. The highest BCUT2D eigenvalue weighted by atomic mass is 32.2. The maximum absolute atomic E-state index is 10.7. The Bertz CT molecular complexity index is 151. The summed E-state index contributed by atoms with van der Waals surface area (Å²) in [5.74, 6) is 1.53. The Morgan fingerprint density at radius 2 is 2.33 bits per heavy atom. The van der Waals surface area contributed by atoms with Crippen molar-refractivity contribution in [1.29, 1.82) is 0 Å². The smallest absolute Gasteiger partial charge is 0.185 e. The van der Waals surface area contributed by atoms with Crippen LogP contribution in [0.2, 0.25) is 0 Å². The molecule has 0 aliphatic carbocycles. The highest BCUT2D eigenvalue weighted by Crippen LogP contribution is 2.21. The van der Waals surface area contributed by atoms with Crippen LogP contribution in [-0.2, 0) is 9.53 Å². The molecule has 2 nitrogen and oxygen atoms in total. The van der Waals surface area contributed by atoms with Crippen molar-refractivity contribution in [3.63, 3.8) is 0 Å². The predicted octanol–water partition coefficient (Wildman–Crippen LogP) is 2.08. The molecule has 2 atom stereocenters. The van der Waals surface area contributed by atoms with Gasteiger partial charge in [0.1, 0.15) is 0 Å². The van der Waals surface area contributed by atoms with E-state index in [2.05, 4.69) is 6.92 Å². The van der Waals surface area contributed by atoms with Gasteiger partial charge in [-0.3, -0.25) is 4.79 Å². The Labute approximate surface area is 78.1 Å². The first kappa shape index (κ1) is 10.1. The summed E-state index contributed by atoms with van der Waals surface area (Å²) in [6, 6.07) is 0. The molecule has 0 radical (unpaired) electrons. The molecule has 1 saturated heterocycles. The van der Waals surface area contributed by atoms with Crippen molar-refractivity contribution >= 4 is 16.9 Å². The summed E-state index contributed by atoms with van der Waals surface area (Å²) in [6.07, 6.45) is 2.67. The van der Waals surface area contributed by atoms with E-state index in [4.69, 9.17) is 4.74 Å². The molecule has 0 spiro atoms. The number of carbonyl (C=O) groups is 1. The SMILES string of the molecule is CC(=O)SCC1CCC(C)CO1. The number of rotatable bonds is 2. The van der Waals surface area contributed by atoms with Gasteiger partial charge in [0.05, 0.1) is 6.10 Å². The molecule has 0 aromatic heterocycles. The second-order valence-corrected chi connectivity index (χ2v) is 4.64. The highest BCUT2D eigenvalue weighted by Gasteiger charge is 2.18. The van der Waals surface area contributed by atoms with Gasteiger partial charge in [-0.1, -0.05) is 18.7 Å². The lowest BCUT2D eigenvalue weighted by atomic mass is 10.0. The fraction of sp³-hybridized carbons (Fsp3) is 0.889. The highest BCUT2D eigenvalue weighted by molar-refractivity contribution is 8.13. The molecule has 3 heteroatoms. The summed E-state index contributed by atoms with van der Waals surface area (Å²) in [5, 5.41) is 0.192. The Kier molecular flexibility index (Phi) is 4.09. The molecule has 12 heavy (non-hydrogen) atoms. The van der Waals surface area contributed by atoms with Gasteiger partial charge in [0.25, 0.3) is 0 Å². The zero-order valence-electron chi connectivity index (χ0n) is 7.71. The summed E-state index contributed by atoms with van der Waals surface area (Å²) in [6.45, 7) is 4.67. The summed E-state index contributed by atoms with van der Waals surface area (Å²) in [7, 11) is 0. The van der Waals surface area contributed by atoms with Crippen LogP contribution in [0.15, 0.2) is 0 Å². The third kappa shape index (κ3) is 3.59. The van der Waals surface area contributed by atoms with Gasteiger partial charge >= 0.3 is 0 Å². The normalized spacial score (nSPS) is 30.2. The fourth-order valence-corrected chi connectivity index (χ4v) is 1.96. The first-order chi connectivity index (χ1) is 5.68. The van der Waals surface area contributed by atoms with E-state index in [9.17, 15) is 4.79 Å². The molecule has 70 valence electrons. The number of hydrogen-bond acceptors (Lipinski definition) is 3. The molecule has 1 fully saturated rings. The van der Waals surface area contributed by atoms with Gasteiger partial charge in [-0.25, -0.2) is 0 Å². The lowest BCUT2D eigenvalue weighted by Gasteiger charge is -2.26. The molecule has 0 N–H and O–H groups in total. The second-order valence-electron chi connectivity index (χ2n) is 3.44. The molecular formula is C9H16O2S. The predicted molar refractivity (Wildman–Crippen MR) is 51.3 cm³/mol. The molecule has 0 bridgehead atoms. The molecule has 2 unspecified atom stereocenters. The number of hydrogen-bond donors (Lipinski definition) is 0. The van der Waals surface area contributed by atoms with Crippen LogP contribution in [0, 0.1) is 5.92 Å². The lowest BCUT2D eigenvalue weighted by Crippen LogP contribution is -2.26. The van der Waals surface area contributed by atoms with Crippen molar-refractivity contribution < 1.29 is 9.53 Å². The van der Waals surface area contributed by atoms with Crippen LogP contribution in [0.1, 0.15) is 26.7 Å². The van der Waals surface area contributed by atoms with Gasteiger partial charge in [0.15, 0.2) is 5.12 Å². The molecule has 1 heterocycles. The lowest BCUT2D eigenvalue weighted by molar-refractivity contribution is -0.109. The summed E-state index contributed by atoms with van der Waals surface area (Å²) in [4.78, 5) is 10.7. The number of carbonyl (C=O) groups excluding carboxylic acids is 1. The van der Waals surface area contributed by atoms with E-state index < -0.39 is 0 Å². The van der Waals surface area contributed by atoms with Crippen molar-refractivity contribution in [2.24, 2.45) is 5.92 Å². The third-order valence-corrected chi connectivity index (χ3v) is 3.02. The summed E-state index contributed by atoms with van der Waals surface area (Å²) < 4.78 is 5.57. The van der Waals surface area contributed by atoms with Crippen LogP contribution >= 0.6 is 11.8 Å². The van der Waals surface area contributed by atoms with Gasteiger partial charge in [0.2, 0.25) is 0 Å². The van der Waals surface area contributed by atoms with Gasteiger partial charge in [-0.2, -0.15) is 0 Å². The topological polar surface area (TPSA) is 26.3 Å². The maximum Gasteiger partial charge on any atom is 0.185 e. The van der Waals surface area contributed by atoms with Crippen LogP contribution in [0.3, 0.4) is 0 Å². The Balaban J connectivity index is 2.13. The Morgan fingerprint density at radius 3 is 2.83 bits per heavy atom. The maximum atomic E-state index is 10.7. The van der Waals surface area contributed by atoms with E-state index in [0.29, 0.717) is 12.0 Å². The molecule has 1 aliphatic heterocycles. The van der Waals surface area contributed by atoms with Gasteiger partial charge in [-0.05, 0) is 18.8 Å². The van der Waals surface area contributed by atoms with E-state index >= 15 is 0 Å². The van der Waals surface area contributed by atoms with Crippen LogP contribution in [-0.4, -0.2) is 23.6 Å². The quantitative estimate of drug-likeness (QED) is 0.663. The van der Waals surface area contributed by atoms with Gasteiger partial charge in [0, 0.05) is 19.3 Å². The number of ether oxygens (including phenoxy) is 1. The zero-order chi connectivity index (χ0) is 8.97. The van der Waals surface area contributed by atoms with E-state index in [1.54, 1.807) is 6.92 Å². The zero-order valence-corrected chi connectivity index (χ0v) is 8.52.